The van der Waals surface area contributed by atoms with E-state index in [4.69, 9.17) is 4.42 Å². The van der Waals surface area contributed by atoms with E-state index in [2.05, 4.69) is 15.6 Å². The standard InChI is InChI=1S/C19H20N4O2/c1-23(2)17-7-5-15(6-8-17)22-19(24)14-10-16(12-20-11-14)21-13-18-4-3-9-25-18/h3-12,21H,13H2,1-2H3,(H,22,24). The van der Waals surface area contributed by atoms with Crippen molar-refractivity contribution in [3.63, 3.8) is 0 Å². The van der Waals surface area contributed by atoms with Gasteiger partial charge < -0.3 is 20.0 Å². The number of rotatable bonds is 6. The molecule has 1 aromatic carbocycles. The Morgan fingerprint density at radius 2 is 1.92 bits per heavy atom. The van der Waals surface area contributed by atoms with Crippen LogP contribution in [0.5, 0.6) is 0 Å². The molecule has 128 valence electrons. The Hall–Kier alpha value is -3.28. The minimum atomic E-state index is -0.202. The number of aromatic nitrogens is 1. The monoisotopic (exact) mass is 336 g/mol. The largest absolute Gasteiger partial charge is 0.467 e. The minimum Gasteiger partial charge on any atom is -0.467 e. The summed E-state index contributed by atoms with van der Waals surface area (Å²) in [4.78, 5) is 18.5. The van der Waals surface area contributed by atoms with Gasteiger partial charge in [-0.25, -0.2) is 0 Å². The van der Waals surface area contributed by atoms with Crippen molar-refractivity contribution in [2.45, 2.75) is 6.54 Å². The van der Waals surface area contributed by atoms with Crippen LogP contribution in [-0.2, 0) is 6.54 Å². The molecule has 0 unspecified atom stereocenters. The Morgan fingerprint density at radius 3 is 2.60 bits per heavy atom. The highest BCUT2D eigenvalue weighted by Gasteiger charge is 2.08. The second kappa shape index (κ2) is 7.53. The average molecular weight is 336 g/mol. The van der Waals surface area contributed by atoms with Gasteiger partial charge in [0, 0.05) is 37.9 Å². The SMILES string of the molecule is CN(C)c1ccc(NC(=O)c2cncc(NCc3ccco3)c2)cc1. The summed E-state index contributed by atoms with van der Waals surface area (Å²) in [7, 11) is 3.95. The van der Waals surface area contributed by atoms with Crippen molar-refractivity contribution < 1.29 is 9.21 Å². The molecule has 2 aromatic heterocycles. The van der Waals surface area contributed by atoms with Gasteiger partial charge in [-0.1, -0.05) is 0 Å². The first-order chi connectivity index (χ1) is 12.1. The molecular weight excluding hydrogens is 316 g/mol. The first kappa shape index (κ1) is 16.6. The number of benzene rings is 1. The molecule has 6 nitrogen and oxygen atoms in total. The van der Waals surface area contributed by atoms with Gasteiger partial charge in [0.2, 0.25) is 0 Å². The summed E-state index contributed by atoms with van der Waals surface area (Å²) in [5, 5.41) is 6.06. The van der Waals surface area contributed by atoms with E-state index in [0.717, 1.165) is 22.8 Å². The quantitative estimate of drug-likeness (QED) is 0.720. The van der Waals surface area contributed by atoms with Crippen LogP contribution in [0.15, 0.2) is 65.5 Å². The molecule has 25 heavy (non-hydrogen) atoms. The highest BCUT2D eigenvalue weighted by Crippen LogP contribution is 2.17. The van der Waals surface area contributed by atoms with E-state index < -0.39 is 0 Å². The fourth-order valence-corrected chi connectivity index (χ4v) is 2.31. The summed E-state index contributed by atoms with van der Waals surface area (Å²) in [6.07, 6.45) is 4.84. The van der Waals surface area contributed by atoms with Gasteiger partial charge in [-0.2, -0.15) is 0 Å². The average Bonchev–Trinajstić information content (AvgIpc) is 3.14. The molecule has 0 aliphatic carbocycles. The molecule has 0 saturated heterocycles. The number of carbonyl (C=O) groups is 1. The molecule has 0 saturated carbocycles. The van der Waals surface area contributed by atoms with Gasteiger partial charge in [0.1, 0.15) is 5.76 Å². The number of hydrogen-bond acceptors (Lipinski definition) is 5. The molecule has 0 aliphatic rings. The predicted molar refractivity (Wildman–Crippen MR) is 99.0 cm³/mol. The second-order valence-corrected chi connectivity index (χ2v) is 5.79. The van der Waals surface area contributed by atoms with Crippen LogP contribution in [0.2, 0.25) is 0 Å². The van der Waals surface area contributed by atoms with E-state index in [1.54, 1.807) is 24.7 Å². The summed E-state index contributed by atoms with van der Waals surface area (Å²) in [6.45, 7) is 0.533. The van der Waals surface area contributed by atoms with Gasteiger partial charge in [0.05, 0.1) is 24.1 Å². The Labute approximate surface area is 146 Å². The predicted octanol–water partition coefficient (Wildman–Crippen LogP) is 3.61. The number of amides is 1. The van der Waals surface area contributed by atoms with Crippen LogP contribution < -0.4 is 15.5 Å². The van der Waals surface area contributed by atoms with E-state index in [-0.39, 0.29) is 5.91 Å². The maximum atomic E-state index is 12.4. The fraction of sp³-hybridized carbons (Fsp3) is 0.158. The number of anilines is 3. The topological polar surface area (TPSA) is 70.4 Å². The Balaban J connectivity index is 1.64. The van der Waals surface area contributed by atoms with Gasteiger partial charge in [0.15, 0.2) is 0 Å². The third-order valence-electron chi connectivity index (χ3n) is 3.69. The molecule has 0 radical (unpaired) electrons. The number of hydrogen-bond donors (Lipinski definition) is 2. The van der Waals surface area contributed by atoms with Crippen molar-refractivity contribution in [3.8, 4) is 0 Å². The van der Waals surface area contributed by atoms with Crippen LogP contribution in [0.4, 0.5) is 17.1 Å². The zero-order valence-electron chi connectivity index (χ0n) is 14.2. The summed E-state index contributed by atoms with van der Waals surface area (Å²) >= 11 is 0. The summed E-state index contributed by atoms with van der Waals surface area (Å²) < 4.78 is 5.27. The van der Waals surface area contributed by atoms with Gasteiger partial charge in [-0.05, 0) is 42.5 Å². The maximum absolute atomic E-state index is 12.4. The van der Waals surface area contributed by atoms with E-state index >= 15 is 0 Å². The lowest BCUT2D eigenvalue weighted by atomic mass is 10.2. The number of carbonyl (C=O) groups excluding carboxylic acids is 1. The lowest BCUT2D eigenvalue weighted by molar-refractivity contribution is 0.102. The lowest BCUT2D eigenvalue weighted by Crippen LogP contribution is -2.13. The fourth-order valence-electron chi connectivity index (χ4n) is 2.31. The van der Waals surface area contributed by atoms with Crippen molar-refractivity contribution >= 4 is 23.0 Å². The third-order valence-corrected chi connectivity index (χ3v) is 3.69. The smallest absolute Gasteiger partial charge is 0.257 e. The molecule has 2 N–H and O–H groups in total. The van der Waals surface area contributed by atoms with Crippen molar-refractivity contribution in [1.82, 2.24) is 4.98 Å². The van der Waals surface area contributed by atoms with Crippen LogP contribution in [0.25, 0.3) is 0 Å². The number of pyridine rings is 1. The van der Waals surface area contributed by atoms with Crippen LogP contribution in [-0.4, -0.2) is 25.0 Å². The molecule has 3 rings (SSSR count). The van der Waals surface area contributed by atoms with Gasteiger partial charge in [-0.15, -0.1) is 0 Å². The van der Waals surface area contributed by atoms with E-state index in [9.17, 15) is 4.79 Å². The Kier molecular flexibility index (Phi) is 4.99. The third kappa shape index (κ3) is 4.38. The van der Waals surface area contributed by atoms with Crippen molar-refractivity contribution in [1.29, 1.82) is 0 Å². The Morgan fingerprint density at radius 1 is 1.12 bits per heavy atom. The molecule has 0 atom stereocenters. The van der Waals surface area contributed by atoms with Crippen LogP contribution in [0.1, 0.15) is 16.1 Å². The summed E-state index contributed by atoms with van der Waals surface area (Å²) in [5.74, 6) is 0.614. The van der Waals surface area contributed by atoms with Gasteiger partial charge in [0.25, 0.3) is 5.91 Å². The number of nitrogens with one attached hydrogen (secondary N) is 2. The van der Waals surface area contributed by atoms with Crippen molar-refractivity contribution in [2.24, 2.45) is 0 Å². The van der Waals surface area contributed by atoms with Crippen LogP contribution in [0.3, 0.4) is 0 Å². The highest BCUT2D eigenvalue weighted by molar-refractivity contribution is 6.04. The van der Waals surface area contributed by atoms with Gasteiger partial charge >= 0.3 is 0 Å². The molecule has 0 spiro atoms. The molecule has 0 bridgehead atoms. The van der Waals surface area contributed by atoms with E-state index in [1.807, 2.05) is 55.4 Å². The van der Waals surface area contributed by atoms with E-state index in [1.165, 1.54) is 0 Å². The number of furan rings is 1. The molecule has 0 aliphatic heterocycles. The minimum absolute atomic E-state index is 0.202. The first-order valence-electron chi connectivity index (χ1n) is 7.92. The maximum Gasteiger partial charge on any atom is 0.257 e. The zero-order chi connectivity index (χ0) is 17.6. The highest BCUT2D eigenvalue weighted by atomic mass is 16.3. The van der Waals surface area contributed by atoms with Crippen molar-refractivity contribution in [3.05, 3.63) is 72.4 Å². The summed E-state index contributed by atoms with van der Waals surface area (Å²) in [6, 6.07) is 13.1. The Bertz CT molecular complexity index is 827. The summed E-state index contributed by atoms with van der Waals surface area (Å²) in [5.41, 5.74) is 3.06. The van der Waals surface area contributed by atoms with Crippen LogP contribution >= 0.6 is 0 Å². The molecular formula is C19H20N4O2. The molecule has 1 amide bonds. The first-order valence-corrected chi connectivity index (χ1v) is 7.92. The zero-order valence-corrected chi connectivity index (χ0v) is 14.2. The van der Waals surface area contributed by atoms with Gasteiger partial charge in [-0.3, -0.25) is 9.78 Å². The molecule has 6 heteroatoms. The molecule has 2 heterocycles. The van der Waals surface area contributed by atoms with Crippen LogP contribution in [0, 0.1) is 0 Å². The normalized spacial score (nSPS) is 10.3. The van der Waals surface area contributed by atoms with E-state index in [0.29, 0.717) is 12.1 Å². The molecule has 0 fully saturated rings. The number of nitrogens with zero attached hydrogens (tertiary/aromatic N) is 2. The molecule has 3 aromatic rings. The lowest BCUT2D eigenvalue weighted by Gasteiger charge is -2.13. The second-order valence-electron chi connectivity index (χ2n) is 5.79. The van der Waals surface area contributed by atoms with Crippen molar-refractivity contribution in [2.75, 3.05) is 29.6 Å².